The van der Waals surface area contributed by atoms with Gasteiger partial charge in [-0.15, -0.1) is 16.4 Å². The van der Waals surface area contributed by atoms with Gasteiger partial charge in [0.1, 0.15) is 0 Å². The predicted octanol–water partition coefficient (Wildman–Crippen LogP) is 2.34. The average molecular weight is 383 g/mol. The molecule has 0 aromatic carbocycles. The van der Waals surface area contributed by atoms with E-state index in [1.807, 2.05) is 0 Å². The smallest absolute Gasteiger partial charge is 0.378 e. The fourth-order valence-electron chi connectivity index (χ4n) is 2.62. The highest BCUT2D eigenvalue weighted by Crippen LogP contribution is 2.33. The number of ether oxygens (including phenoxy) is 1. The highest BCUT2D eigenvalue weighted by molar-refractivity contribution is 7.13. The predicted molar refractivity (Wildman–Crippen MR) is 85.8 cm³/mol. The number of aromatic nitrogens is 4. The van der Waals surface area contributed by atoms with Crippen LogP contribution in [0.4, 0.5) is 13.2 Å². The van der Waals surface area contributed by atoms with Gasteiger partial charge in [0.2, 0.25) is 5.82 Å². The van der Waals surface area contributed by atoms with E-state index >= 15 is 0 Å². The van der Waals surface area contributed by atoms with Crippen LogP contribution in [0.3, 0.4) is 0 Å². The molecule has 0 N–H and O–H groups in total. The van der Waals surface area contributed by atoms with E-state index in [2.05, 4.69) is 15.1 Å². The Hall–Kier alpha value is -2.53. The fourth-order valence-corrected chi connectivity index (χ4v) is 3.31. The summed E-state index contributed by atoms with van der Waals surface area (Å²) in [5, 5.41) is 5.51. The second-order valence-electron chi connectivity index (χ2n) is 5.55. The van der Waals surface area contributed by atoms with Gasteiger partial charge < -0.3 is 9.64 Å². The molecule has 4 heterocycles. The third kappa shape index (κ3) is 3.03. The van der Waals surface area contributed by atoms with E-state index in [1.54, 1.807) is 17.5 Å². The van der Waals surface area contributed by atoms with Crippen molar-refractivity contribution in [2.75, 3.05) is 26.3 Å². The van der Waals surface area contributed by atoms with E-state index in [0.717, 1.165) is 6.07 Å². The first-order valence-electron chi connectivity index (χ1n) is 7.69. The Balaban J connectivity index is 1.82. The second-order valence-corrected chi connectivity index (χ2v) is 6.50. The zero-order valence-corrected chi connectivity index (χ0v) is 14.0. The van der Waals surface area contributed by atoms with Crippen LogP contribution in [0, 0.1) is 0 Å². The third-order valence-electron chi connectivity index (χ3n) is 3.87. The van der Waals surface area contributed by atoms with Gasteiger partial charge in [-0.3, -0.25) is 4.79 Å². The SMILES string of the molecule is O=C(c1nc2nc(-c3cccs3)cc(C(F)(F)F)n2n1)N1CCOCC1. The number of hydrogen-bond acceptors (Lipinski definition) is 6. The molecule has 0 bridgehead atoms. The molecule has 1 amide bonds. The molecule has 0 radical (unpaired) electrons. The van der Waals surface area contributed by atoms with Crippen molar-refractivity contribution in [1.82, 2.24) is 24.5 Å². The number of hydrogen-bond donors (Lipinski definition) is 0. The lowest BCUT2D eigenvalue weighted by molar-refractivity contribution is -0.142. The number of nitrogens with zero attached hydrogens (tertiary/aromatic N) is 5. The van der Waals surface area contributed by atoms with Gasteiger partial charge in [-0.05, 0) is 17.5 Å². The molecule has 0 unspecified atom stereocenters. The molecule has 0 spiro atoms. The lowest BCUT2D eigenvalue weighted by Crippen LogP contribution is -2.41. The second kappa shape index (κ2) is 6.32. The van der Waals surface area contributed by atoms with Crippen LogP contribution in [0.15, 0.2) is 23.6 Å². The van der Waals surface area contributed by atoms with Crippen LogP contribution in [-0.4, -0.2) is 56.7 Å². The summed E-state index contributed by atoms with van der Waals surface area (Å²) < 4.78 is 46.2. The van der Waals surface area contributed by atoms with Gasteiger partial charge in [-0.25, -0.2) is 4.98 Å². The molecule has 26 heavy (non-hydrogen) atoms. The van der Waals surface area contributed by atoms with Crippen molar-refractivity contribution >= 4 is 23.0 Å². The van der Waals surface area contributed by atoms with E-state index in [4.69, 9.17) is 4.74 Å². The highest BCUT2D eigenvalue weighted by Gasteiger charge is 2.36. The molecule has 1 fully saturated rings. The van der Waals surface area contributed by atoms with Crippen LogP contribution in [0.5, 0.6) is 0 Å². The molecule has 0 aliphatic carbocycles. The molecule has 3 aromatic rings. The maximum absolute atomic E-state index is 13.5. The molecule has 1 saturated heterocycles. The largest absolute Gasteiger partial charge is 0.433 e. The molecular formula is C15H12F3N5O2S. The van der Waals surface area contributed by atoms with Gasteiger partial charge in [-0.1, -0.05) is 6.07 Å². The fraction of sp³-hybridized carbons (Fsp3) is 0.333. The third-order valence-corrected chi connectivity index (χ3v) is 4.76. The number of alkyl halides is 3. The topological polar surface area (TPSA) is 72.6 Å². The van der Waals surface area contributed by atoms with E-state index in [1.165, 1.54) is 16.2 Å². The molecule has 3 aromatic heterocycles. The Labute approximate surface area is 149 Å². The first-order valence-corrected chi connectivity index (χ1v) is 8.57. The lowest BCUT2D eigenvalue weighted by atomic mass is 10.3. The van der Waals surface area contributed by atoms with Gasteiger partial charge in [0, 0.05) is 13.1 Å². The quantitative estimate of drug-likeness (QED) is 0.679. The van der Waals surface area contributed by atoms with Crippen molar-refractivity contribution in [3.63, 3.8) is 0 Å². The summed E-state index contributed by atoms with van der Waals surface area (Å²) in [5.74, 6) is -1.11. The first kappa shape index (κ1) is 16.9. The van der Waals surface area contributed by atoms with Crippen LogP contribution in [0.1, 0.15) is 16.3 Å². The Morgan fingerprint density at radius 1 is 1.23 bits per heavy atom. The minimum atomic E-state index is -4.67. The Morgan fingerprint density at radius 3 is 2.65 bits per heavy atom. The molecular weight excluding hydrogens is 371 g/mol. The standard InChI is InChI=1S/C15H12F3N5O2S/c16-15(17,18)11-8-9(10-2-1-7-26-10)19-14-20-12(21-23(11)14)13(24)22-3-5-25-6-4-22/h1-2,7-8H,3-6H2. The molecule has 1 aliphatic rings. The number of carbonyl (C=O) groups is 1. The van der Waals surface area contributed by atoms with Crippen molar-refractivity contribution in [2.24, 2.45) is 0 Å². The summed E-state index contributed by atoms with van der Waals surface area (Å²) in [6.45, 7) is 1.42. The molecule has 4 rings (SSSR count). The zero-order valence-electron chi connectivity index (χ0n) is 13.2. The Morgan fingerprint density at radius 2 is 2.00 bits per heavy atom. The maximum atomic E-state index is 13.5. The van der Waals surface area contributed by atoms with Crippen molar-refractivity contribution in [3.8, 4) is 10.6 Å². The van der Waals surface area contributed by atoms with Gasteiger partial charge in [0.25, 0.3) is 11.7 Å². The molecule has 0 atom stereocenters. The number of rotatable bonds is 2. The minimum absolute atomic E-state index is 0.137. The molecule has 0 saturated carbocycles. The number of fused-ring (bicyclic) bond motifs is 1. The monoisotopic (exact) mass is 383 g/mol. The Kier molecular flexibility index (Phi) is 4.11. The van der Waals surface area contributed by atoms with Gasteiger partial charge in [0.05, 0.1) is 23.8 Å². The summed E-state index contributed by atoms with van der Waals surface area (Å²) in [6.07, 6.45) is -4.67. The van der Waals surface area contributed by atoms with Crippen molar-refractivity contribution in [2.45, 2.75) is 6.18 Å². The minimum Gasteiger partial charge on any atom is -0.378 e. The number of amides is 1. The molecule has 11 heteroatoms. The van der Waals surface area contributed by atoms with Gasteiger partial charge in [-0.2, -0.15) is 22.7 Å². The van der Waals surface area contributed by atoms with Crippen molar-refractivity contribution < 1.29 is 22.7 Å². The normalized spacial score (nSPS) is 15.6. The molecule has 136 valence electrons. The summed E-state index contributed by atoms with van der Waals surface area (Å²) in [6, 6.07) is 4.30. The number of halogens is 3. The summed E-state index contributed by atoms with van der Waals surface area (Å²) in [7, 11) is 0. The highest BCUT2D eigenvalue weighted by atomic mass is 32.1. The van der Waals surface area contributed by atoms with E-state index in [0.29, 0.717) is 35.7 Å². The van der Waals surface area contributed by atoms with Crippen LogP contribution in [-0.2, 0) is 10.9 Å². The molecule has 7 nitrogen and oxygen atoms in total. The average Bonchev–Trinajstić information content (AvgIpc) is 3.29. The van der Waals surface area contributed by atoms with Crippen LogP contribution in [0.25, 0.3) is 16.3 Å². The van der Waals surface area contributed by atoms with E-state index < -0.39 is 17.8 Å². The van der Waals surface area contributed by atoms with Crippen LogP contribution in [0.2, 0.25) is 0 Å². The van der Waals surface area contributed by atoms with Crippen molar-refractivity contribution in [3.05, 3.63) is 35.1 Å². The number of carbonyl (C=O) groups excluding carboxylic acids is 1. The zero-order chi connectivity index (χ0) is 18.3. The van der Waals surface area contributed by atoms with Gasteiger partial charge >= 0.3 is 6.18 Å². The van der Waals surface area contributed by atoms with Crippen LogP contribution < -0.4 is 0 Å². The lowest BCUT2D eigenvalue weighted by Gasteiger charge is -2.25. The number of thiophene rings is 1. The summed E-state index contributed by atoms with van der Waals surface area (Å²) in [5.41, 5.74) is -0.892. The Bertz CT molecular complexity index is 948. The molecule has 1 aliphatic heterocycles. The first-order chi connectivity index (χ1) is 12.4. The number of morpholine rings is 1. The van der Waals surface area contributed by atoms with Crippen molar-refractivity contribution in [1.29, 1.82) is 0 Å². The maximum Gasteiger partial charge on any atom is 0.433 e. The van der Waals surface area contributed by atoms with Crippen LogP contribution >= 0.6 is 11.3 Å². The summed E-state index contributed by atoms with van der Waals surface area (Å²) in [4.78, 5) is 22.6. The van der Waals surface area contributed by atoms with E-state index in [9.17, 15) is 18.0 Å². The van der Waals surface area contributed by atoms with Gasteiger partial charge in [0.15, 0.2) is 5.69 Å². The van der Waals surface area contributed by atoms with E-state index in [-0.39, 0.29) is 17.3 Å². The summed E-state index contributed by atoms with van der Waals surface area (Å²) >= 11 is 1.26.